The molecule has 8 heteroatoms. The van der Waals surface area contributed by atoms with Gasteiger partial charge < -0.3 is 9.05 Å². The molecular weight excluding hydrogens is 310 g/mol. The maximum absolute atomic E-state index is 11.7. The van der Waals surface area contributed by atoms with Gasteiger partial charge in [-0.25, -0.2) is 10.2 Å². The molecule has 0 aromatic heterocycles. The van der Waals surface area contributed by atoms with Crippen LogP contribution in [0.4, 0.5) is 0 Å². The van der Waals surface area contributed by atoms with Crippen molar-refractivity contribution in [1.29, 1.82) is 0 Å². The maximum Gasteiger partial charge on any atom is 0.258 e. The van der Waals surface area contributed by atoms with E-state index in [1.165, 1.54) is 0 Å². The van der Waals surface area contributed by atoms with Gasteiger partial charge in [-0.3, -0.25) is 9.13 Å². The van der Waals surface area contributed by atoms with E-state index in [-0.39, 0.29) is 6.04 Å². The van der Waals surface area contributed by atoms with Crippen LogP contribution in [0.1, 0.15) is 19.4 Å². The van der Waals surface area contributed by atoms with Crippen LogP contribution in [0, 0.1) is 0 Å². The van der Waals surface area contributed by atoms with Crippen molar-refractivity contribution < 1.29 is 18.2 Å². The Labute approximate surface area is 127 Å². The van der Waals surface area contributed by atoms with Gasteiger partial charge in [0, 0.05) is 12.6 Å². The normalized spacial score (nSPS) is 15.5. The van der Waals surface area contributed by atoms with E-state index in [9.17, 15) is 9.13 Å². The largest absolute Gasteiger partial charge is 0.320 e. The SMILES string of the molecule is CCO[PH](=O)NC[C@H](Cc1ccccc1)N[PH](=O)OCC. The highest BCUT2D eigenvalue weighted by Crippen LogP contribution is 2.20. The second-order valence-corrected chi connectivity index (χ2v) is 6.72. The molecule has 1 rings (SSSR count). The first-order valence-electron chi connectivity index (χ1n) is 7.03. The molecule has 2 unspecified atom stereocenters. The molecular formula is C13H24N2O4P2. The van der Waals surface area contributed by atoms with E-state index in [0.717, 1.165) is 5.56 Å². The Morgan fingerprint density at radius 1 is 1.05 bits per heavy atom. The fourth-order valence-electron chi connectivity index (χ4n) is 1.80. The summed E-state index contributed by atoms with van der Waals surface area (Å²) in [6.45, 7) is 4.78. The smallest absolute Gasteiger partial charge is 0.258 e. The molecule has 1 aromatic carbocycles. The average Bonchev–Trinajstić information content (AvgIpc) is 2.46. The van der Waals surface area contributed by atoms with Gasteiger partial charge in [0.2, 0.25) is 0 Å². The molecule has 3 atom stereocenters. The lowest BCUT2D eigenvalue weighted by molar-refractivity contribution is 0.332. The molecule has 2 N–H and O–H groups in total. The van der Waals surface area contributed by atoms with E-state index in [1.54, 1.807) is 13.8 Å². The maximum atomic E-state index is 11.7. The van der Waals surface area contributed by atoms with Gasteiger partial charge in [-0.2, -0.15) is 0 Å². The number of hydrogen-bond acceptors (Lipinski definition) is 4. The fraction of sp³-hybridized carbons (Fsp3) is 0.538. The molecule has 0 spiro atoms. The molecule has 0 fully saturated rings. The highest BCUT2D eigenvalue weighted by Gasteiger charge is 2.13. The Morgan fingerprint density at radius 3 is 2.29 bits per heavy atom. The minimum absolute atomic E-state index is 0.139. The number of rotatable bonds is 11. The minimum atomic E-state index is -2.29. The molecule has 0 aliphatic carbocycles. The number of nitrogens with one attached hydrogen (secondary N) is 2. The summed E-state index contributed by atoms with van der Waals surface area (Å²) >= 11 is 0. The summed E-state index contributed by atoms with van der Waals surface area (Å²) in [6, 6.07) is 9.71. The van der Waals surface area contributed by atoms with Gasteiger partial charge in [0.15, 0.2) is 0 Å². The van der Waals surface area contributed by atoms with E-state index in [2.05, 4.69) is 10.2 Å². The highest BCUT2D eigenvalue weighted by molar-refractivity contribution is 7.37. The Bertz CT molecular complexity index is 445. The molecule has 120 valence electrons. The molecule has 6 nitrogen and oxygen atoms in total. The summed E-state index contributed by atoms with van der Waals surface area (Å²) in [4.78, 5) is 0. The Balaban J connectivity index is 2.56. The van der Waals surface area contributed by atoms with E-state index in [1.807, 2.05) is 30.3 Å². The molecule has 0 bridgehead atoms. The zero-order valence-corrected chi connectivity index (χ0v) is 14.4. The second-order valence-electron chi connectivity index (χ2n) is 4.35. The van der Waals surface area contributed by atoms with Crippen molar-refractivity contribution in [2.75, 3.05) is 19.8 Å². The molecule has 0 heterocycles. The second kappa shape index (κ2) is 11.1. The lowest BCUT2D eigenvalue weighted by Crippen LogP contribution is -2.35. The van der Waals surface area contributed by atoms with E-state index >= 15 is 0 Å². The summed E-state index contributed by atoms with van der Waals surface area (Å²) < 4.78 is 33.3. The van der Waals surface area contributed by atoms with Gasteiger partial charge >= 0.3 is 0 Å². The molecule has 0 saturated heterocycles. The molecule has 0 radical (unpaired) electrons. The quantitative estimate of drug-likeness (QED) is 0.606. The van der Waals surface area contributed by atoms with Gasteiger partial charge in [0.05, 0.1) is 13.2 Å². The van der Waals surface area contributed by atoms with E-state index in [4.69, 9.17) is 9.05 Å². The summed E-state index contributed by atoms with van der Waals surface area (Å²) in [6.07, 6.45) is 0.665. The van der Waals surface area contributed by atoms with Crippen LogP contribution >= 0.6 is 16.4 Å². The van der Waals surface area contributed by atoms with Crippen LogP contribution in [0.2, 0.25) is 0 Å². The summed E-state index contributed by atoms with van der Waals surface area (Å²) in [7, 11) is -4.53. The van der Waals surface area contributed by atoms with Gasteiger partial charge in [0.1, 0.15) is 0 Å². The topological polar surface area (TPSA) is 76.7 Å². The van der Waals surface area contributed by atoms with E-state index in [0.29, 0.717) is 26.2 Å². The first-order valence-corrected chi connectivity index (χ1v) is 9.66. The molecule has 0 amide bonds. The summed E-state index contributed by atoms with van der Waals surface area (Å²) in [5.41, 5.74) is 1.11. The molecule has 0 aliphatic rings. The van der Waals surface area contributed by atoms with Crippen molar-refractivity contribution in [2.45, 2.75) is 26.3 Å². The Morgan fingerprint density at radius 2 is 1.67 bits per heavy atom. The van der Waals surface area contributed by atoms with Crippen molar-refractivity contribution in [3.8, 4) is 0 Å². The molecule has 0 saturated carbocycles. The van der Waals surface area contributed by atoms with Crippen LogP contribution in [-0.2, 0) is 24.6 Å². The third-order valence-electron chi connectivity index (χ3n) is 2.69. The van der Waals surface area contributed by atoms with Crippen molar-refractivity contribution in [2.24, 2.45) is 0 Å². The lowest BCUT2D eigenvalue weighted by atomic mass is 10.1. The molecule has 1 aromatic rings. The lowest BCUT2D eigenvalue weighted by Gasteiger charge is -2.19. The van der Waals surface area contributed by atoms with Crippen LogP contribution in [0.25, 0.3) is 0 Å². The van der Waals surface area contributed by atoms with Crippen molar-refractivity contribution in [3.63, 3.8) is 0 Å². The van der Waals surface area contributed by atoms with Crippen molar-refractivity contribution in [1.82, 2.24) is 10.2 Å². The Hall–Kier alpha value is -0.480. The third-order valence-corrected chi connectivity index (χ3v) is 4.93. The van der Waals surface area contributed by atoms with Gasteiger partial charge in [-0.1, -0.05) is 30.3 Å². The number of hydrogen-bond donors (Lipinski definition) is 2. The highest BCUT2D eigenvalue weighted by atomic mass is 31.1. The van der Waals surface area contributed by atoms with Gasteiger partial charge in [0.25, 0.3) is 16.4 Å². The van der Waals surface area contributed by atoms with Crippen molar-refractivity contribution in [3.05, 3.63) is 35.9 Å². The molecule has 21 heavy (non-hydrogen) atoms. The van der Waals surface area contributed by atoms with E-state index < -0.39 is 16.4 Å². The fourth-order valence-corrected chi connectivity index (χ4v) is 3.46. The molecule has 0 aliphatic heterocycles. The number of benzene rings is 1. The van der Waals surface area contributed by atoms with Crippen LogP contribution in [-0.4, -0.2) is 25.8 Å². The zero-order valence-electron chi connectivity index (χ0n) is 12.4. The third kappa shape index (κ3) is 8.52. The zero-order chi connectivity index (χ0) is 15.5. The average molecular weight is 334 g/mol. The van der Waals surface area contributed by atoms with Crippen LogP contribution in [0.3, 0.4) is 0 Å². The van der Waals surface area contributed by atoms with Gasteiger partial charge in [-0.15, -0.1) is 0 Å². The van der Waals surface area contributed by atoms with Crippen LogP contribution < -0.4 is 10.2 Å². The van der Waals surface area contributed by atoms with Crippen molar-refractivity contribution >= 4 is 16.4 Å². The summed E-state index contributed by atoms with van der Waals surface area (Å²) in [5.74, 6) is 0. The summed E-state index contributed by atoms with van der Waals surface area (Å²) in [5, 5.41) is 5.78. The standard InChI is InChI=1S/C13H24N2O4P2/c1-3-18-20(16)14-11-13(15-21(17)19-4-2)10-12-8-6-5-7-9-12/h5-9,13,20-21H,3-4,10-11H2,1-2H3,(H,14,16)(H,15,17)/t13-/m0/s1. The van der Waals surface area contributed by atoms with Crippen LogP contribution in [0.15, 0.2) is 30.3 Å². The minimum Gasteiger partial charge on any atom is -0.320 e. The predicted molar refractivity (Wildman–Crippen MR) is 86.3 cm³/mol. The first kappa shape index (κ1) is 18.6. The Kier molecular flexibility index (Phi) is 9.85. The monoisotopic (exact) mass is 334 g/mol. The van der Waals surface area contributed by atoms with Crippen LogP contribution in [0.5, 0.6) is 0 Å². The van der Waals surface area contributed by atoms with Gasteiger partial charge in [-0.05, 0) is 25.8 Å². The first-order chi connectivity index (χ1) is 10.2. The predicted octanol–water partition coefficient (Wildman–Crippen LogP) is 2.63.